The van der Waals surface area contributed by atoms with E-state index < -0.39 is 11.9 Å². The number of nitrogens with zero attached hydrogens (tertiary/aromatic N) is 4. The molecular formula is C21H22F3N5O. The number of aromatic amines is 1. The average Bonchev–Trinajstić information content (AvgIpc) is 3.43. The van der Waals surface area contributed by atoms with Crippen molar-refractivity contribution in [1.29, 1.82) is 0 Å². The van der Waals surface area contributed by atoms with Gasteiger partial charge >= 0.3 is 6.18 Å². The van der Waals surface area contributed by atoms with Gasteiger partial charge in [-0.15, -0.1) is 0 Å². The second-order valence-electron chi connectivity index (χ2n) is 8.10. The van der Waals surface area contributed by atoms with Crippen LogP contribution in [0.5, 0.6) is 0 Å². The van der Waals surface area contributed by atoms with Crippen LogP contribution in [0, 0.1) is 0 Å². The number of halogens is 3. The minimum atomic E-state index is -4.49. The molecule has 0 bridgehead atoms. The lowest BCUT2D eigenvalue weighted by molar-refractivity contribution is -0.142. The van der Waals surface area contributed by atoms with E-state index in [0.29, 0.717) is 38.0 Å². The van der Waals surface area contributed by atoms with Gasteiger partial charge in [-0.3, -0.25) is 9.48 Å². The first kappa shape index (κ1) is 19.1. The third kappa shape index (κ3) is 3.36. The number of aromatic nitrogens is 4. The molecule has 9 heteroatoms. The molecule has 1 fully saturated rings. The van der Waals surface area contributed by atoms with Gasteiger partial charge in [-0.1, -0.05) is 12.1 Å². The molecule has 0 unspecified atom stereocenters. The number of likely N-dealkylation sites (tertiary alicyclic amines) is 1. The highest BCUT2D eigenvalue weighted by molar-refractivity contribution is 5.77. The van der Waals surface area contributed by atoms with Gasteiger partial charge in [0.15, 0.2) is 5.69 Å². The van der Waals surface area contributed by atoms with Crippen LogP contribution in [0.1, 0.15) is 48.0 Å². The number of hydrogen-bond donors (Lipinski definition) is 1. The lowest BCUT2D eigenvalue weighted by Gasteiger charge is -2.32. The van der Waals surface area contributed by atoms with Crippen molar-refractivity contribution < 1.29 is 18.0 Å². The molecule has 3 aromatic rings. The van der Waals surface area contributed by atoms with Crippen LogP contribution in [0.3, 0.4) is 0 Å². The quantitative estimate of drug-likeness (QED) is 0.707. The molecule has 2 aromatic heterocycles. The summed E-state index contributed by atoms with van der Waals surface area (Å²) < 4.78 is 41.2. The summed E-state index contributed by atoms with van der Waals surface area (Å²) in [6.07, 6.45) is -1.16. The molecule has 0 saturated carbocycles. The van der Waals surface area contributed by atoms with Crippen molar-refractivity contribution in [3.63, 3.8) is 0 Å². The van der Waals surface area contributed by atoms with Crippen LogP contribution in [0.15, 0.2) is 24.3 Å². The Kier molecular flexibility index (Phi) is 4.56. The number of para-hydroxylation sites is 2. The van der Waals surface area contributed by atoms with Gasteiger partial charge in [0.1, 0.15) is 12.4 Å². The fraction of sp³-hybridized carbons (Fsp3) is 0.476. The van der Waals surface area contributed by atoms with Gasteiger partial charge in [0, 0.05) is 30.3 Å². The summed E-state index contributed by atoms with van der Waals surface area (Å²) in [6.45, 7) is 0.963. The van der Waals surface area contributed by atoms with Gasteiger partial charge in [-0.2, -0.15) is 18.3 Å². The number of piperidine rings is 1. The van der Waals surface area contributed by atoms with Crippen LogP contribution < -0.4 is 0 Å². The Bertz CT molecular complexity index is 1070. The zero-order valence-electron chi connectivity index (χ0n) is 16.4. The molecule has 1 aromatic carbocycles. The number of alkyl halides is 3. The van der Waals surface area contributed by atoms with E-state index in [4.69, 9.17) is 0 Å². The molecule has 30 heavy (non-hydrogen) atoms. The highest BCUT2D eigenvalue weighted by Gasteiger charge is 2.40. The van der Waals surface area contributed by atoms with E-state index in [1.54, 1.807) is 4.90 Å². The van der Waals surface area contributed by atoms with E-state index >= 15 is 0 Å². The number of H-pyrrole nitrogens is 1. The van der Waals surface area contributed by atoms with Gasteiger partial charge in [-0.25, -0.2) is 4.98 Å². The zero-order chi connectivity index (χ0) is 20.9. The molecule has 3 heterocycles. The highest BCUT2D eigenvalue weighted by Crippen LogP contribution is 2.36. The molecule has 0 radical (unpaired) electrons. The average molecular weight is 417 g/mol. The summed E-state index contributed by atoms with van der Waals surface area (Å²) in [5, 5.41) is 3.77. The third-order valence-electron chi connectivity index (χ3n) is 6.13. The molecule has 1 saturated heterocycles. The minimum absolute atomic E-state index is 0.0872. The van der Waals surface area contributed by atoms with Crippen LogP contribution in [0.2, 0.25) is 0 Å². The summed E-state index contributed by atoms with van der Waals surface area (Å²) in [5.74, 6) is 0.749. The predicted octanol–water partition coefficient (Wildman–Crippen LogP) is 3.67. The number of nitrogens with one attached hydrogen (secondary N) is 1. The summed E-state index contributed by atoms with van der Waals surface area (Å²) >= 11 is 0. The molecule has 2 aliphatic rings. The second-order valence-corrected chi connectivity index (χ2v) is 8.10. The number of amides is 1. The number of imidazole rings is 1. The van der Waals surface area contributed by atoms with Crippen LogP contribution in [0.25, 0.3) is 11.0 Å². The zero-order valence-corrected chi connectivity index (χ0v) is 16.4. The van der Waals surface area contributed by atoms with Crippen molar-refractivity contribution in [1.82, 2.24) is 24.6 Å². The Morgan fingerprint density at radius 1 is 1.20 bits per heavy atom. The first-order valence-electron chi connectivity index (χ1n) is 10.3. The minimum Gasteiger partial charge on any atom is -0.342 e. The monoisotopic (exact) mass is 417 g/mol. The van der Waals surface area contributed by atoms with Crippen LogP contribution >= 0.6 is 0 Å². The van der Waals surface area contributed by atoms with Gasteiger partial charge < -0.3 is 9.88 Å². The highest BCUT2D eigenvalue weighted by atomic mass is 19.4. The maximum absolute atomic E-state index is 13.3. The van der Waals surface area contributed by atoms with Gasteiger partial charge in [-0.05, 0) is 44.2 Å². The molecule has 5 rings (SSSR count). The lowest BCUT2D eigenvalue weighted by atomic mass is 9.97. The SMILES string of the molecule is O=C(Cn1nc(C(F)(F)F)c2c1CCC2)N1CCC[C@H](c2nc3ccccc3[nH]2)C1. The van der Waals surface area contributed by atoms with Crippen molar-refractivity contribution in [3.8, 4) is 0 Å². The standard InChI is InChI=1S/C21H22F3N5O/c22-21(23,24)19-14-6-3-9-17(14)29(27-19)12-18(30)28-10-4-5-13(11-28)20-25-15-7-1-2-8-16(15)26-20/h1-2,7-8,13H,3-6,9-12H2,(H,25,26)/t13-/m0/s1. The van der Waals surface area contributed by atoms with Crippen molar-refractivity contribution >= 4 is 16.9 Å². The normalized spacial score (nSPS) is 19.4. The predicted molar refractivity (Wildman–Crippen MR) is 104 cm³/mol. The number of rotatable bonds is 3. The van der Waals surface area contributed by atoms with E-state index in [1.807, 2.05) is 24.3 Å². The molecule has 1 aliphatic heterocycles. The Labute approximate surface area is 171 Å². The van der Waals surface area contributed by atoms with E-state index in [-0.39, 0.29) is 23.9 Å². The number of fused-ring (bicyclic) bond motifs is 2. The van der Waals surface area contributed by atoms with Crippen molar-refractivity contribution in [2.24, 2.45) is 0 Å². The topological polar surface area (TPSA) is 66.8 Å². The fourth-order valence-electron chi connectivity index (χ4n) is 4.69. The summed E-state index contributed by atoms with van der Waals surface area (Å²) in [4.78, 5) is 22.7. The molecule has 1 N–H and O–H groups in total. The van der Waals surface area contributed by atoms with E-state index in [1.165, 1.54) is 4.68 Å². The largest absolute Gasteiger partial charge is 0.435 e. The Morgan fingerprint density at radius 3 is 2.83 bits per heavy atom. The Balaban J connectivity index is 1.33. The van der Waals surface area contributed by atoms with Crippen LogP contribution in [-0.2, 0) is 30.4 Å². The molecule has 0 spiro atoms. The Morgan fingerprint density at radius 2 is 2.03 bits per heavy atom. The maximum atomic E-state index is 13.3. The second kappa shape index (κ2) is 7.14. The van der Waals surface area contributed by atoms with Crippen molar-refractivity contribution in [3.05, 3.63) is 47.0 Å². The molecule has 1 aliphatic carbocycles. The number of carbonyl (C=O) groups is 1. The summed E-state index contributed by atoms with van der Waals surface area (Å²) in [7, 11) is 0. The Hall–Kier alpha value is -2.84. The van der Waals surface area contributed by atoms with Crippen LogP contribution in [-0.4, -0.2) is 43.6 Å². The maximum Gasteiger partial charge on any atom is 0.435 e. The van der Waals surface area contributed by atoms with Gasteiger partial charge in [0.25, 0.3) is 0 Å². The van der Waals surface area contributed by atoms with E-state index in [2.05, 4.69) is 15.1 Å². The molecule has 158 valence electrons. The molecule has 1 amide bonds. The number of hydrogen-bond acceptors (Lipinski definition) is 3. The number of benzene rings is 1. The fourth-order valence-corrected chi connectivity index (χ4v) is 4.69. The molecular weight excluding hydrogens is 395 g/mol. The van der Waals surface area contributed by atoms with E-state index in [9.17, 15) is 18.0 Å². The third-order valence-corrected chi connectivity index (χ3v) is 6.13. The van der Waals surface area contributed by atoms with Crippen molar-refractivity contribution in [2.45, 2.75) is 50.7 Å². The summed E-state index contributed by atoms with van der Waals surface area (Å²) in [5.41, 5.74) is 1.84. The molecule has 1 atom stereocenters. The van der Waals surface area contributed by atoms with Gasteiger partial charge in [0.2, 0.25) is 5.91 Å². The van der Waals surface area contributed by atoms with Crippen LogP contribution in [0.4, 0.5) is 13.2 Å². The smallest absolute Gasteiger partial charge is 0.342 e. The molecule has 6 nitrogen and oxygen atoms in total. The first-order valence-corrected chi connectivity index (χ1v) is 10.3. The summed E-state index contributed by atoms with van der Waals surface area (Å²) in [6, 6.07) is 7.78. The number of carbonyl (C=O) groups excluding carboxylic acids is 1. The lowest BCUT2D eigenvalue weighted by Crippen LogP contribution is -2.41. The van der Waals surface area contributed by atoms with E-state index in [0.717, 1.165) is 29.7 Å². The van der Waals surface area contributed by atoms with Gasteiger partial charge in [0.05, 0.1) is 11.0 Å². The first-order chi connectivity index (χ1) is 14.4. The van der Waals surface area contributed by atoms with Crippen molar-refractivity contribution in [2.75, 3.05) is 13.1 Å².